The topological polar surface area (TPSA) is 0 Å². The molecule has 0 bridgehead atoms. The van der Waals surface area contributed by atoms with Gasteiger partial charge in [-0.3, -0.25) is 0 Å². The third kappa shape index (κ3) is 0.861. The van der Waals surface area contributed by atoms with Gasteiger partial charge in [-0.15, -0.1) is 0 Å². The molecular weight excluding hydrogens is 127 g/mol. The zero-order valence-electron chi connectivity index (χ0n) is 5.75. The van der Waals surface area contributed by atoms with Crippen LogP contribution in [-0.4, -0.2) is 12.3 Å². The standard InChI is InChI=1S/C8H12P/c1-9(8-4-5-8)6-2-3-7-9/h2-3,6-8H,4-5H2,1H3. The molecule has 0 atom stereocenters. The molecule has 0 N–H and O–H groups in total. The smallest absolute Gasteiger partial charge is 0.0180 e. The Bertz CT molecular complexity index is 163. The highest BCUT2D eigenvalue weighted by molar-refractivity contribution is 7.82. The average Bonchev–Trinajstić information content (AvgIpc) is 2.60. The lowest BCUT2D eigenvalue weighted by molar-refractivity contribution is 1.47. The fraction of sp³-hybridized carbons (Fsp3) is 0.500. The minimum absolute atomic E-state index is 0.642. The summed E-state index contributed by atoms with van der Waals surface area (Å²) in [5.41, 5.74) is 1.08. The van der Waals surface area contributed by atoms with Gasteiger partial charge in [-0.2, -0.15) is 0 Å². The monoisotopic (exact) mass is 139 g/mol. The molecule has 1 aliphatic heterocycles. The van der Waals surface area contributed by atoms with E-state index in [2.05, 4.69) is 30.5 Å². The summed E-state index contributed by atoms with van der Waals surface area (Å²) >= 11 is 0. The van der Waals surface area contributed by atoms with E-state index in [1.54, 1.807) is 0 Å². The molecule has 1 saturated carbocycles. The second-order valence-electron chi connectivity index (χ2n) is 3.14. The fourth-order valence-corrected chi connectivity index (χ4v) is 4.18. The first kappa shape index (κ1) is 5.68. The first-order valence-electron chi connectivity index (χ1n) is 3.54. The van der Waals surface area contributed by atoms with Crippen molar-refractivity contribution >= 4 is 7.26 Å². The summed E-state index contributed by atoms with van der Waals surface area (Å²) in [6.07, 6.45) is 7.40. The molecule has 2 aliphatic rings. The highest BCUT2D eigenvalue weighted by atomic mass is 31.2. The van der Waals surface area contributed by atoms with Crippen LogP contribution in [0.15, 0.2) is 23.8 Å². The minimum Gasteiger partial charge on any atom is -0.0848 e. The van der Waals surface area contributed by atoms with Gasteiger partial charge >= 0.3 is 0 Å². The molecule has 9 heavy (non-hydrogen) atoms. The molecule has 1 fully saturated rings. The number of hydrogen-bond acceptors (Lipinski definition) is 0. The summed E-state index contributed by atoms with van der Waals surface area (Å²) in [6.45, 7) is 2.44. The molecule has 2 rings (SSSR count). The molecule has 0 nitrogen and oxygen atoms in total. The van der Waals surface area contributed by atoms with Crippen LogP contribution in [0.5, 0.6) is 0 Å². The minimum atomic E-state index is -0.642. The molecule has 0 amide bonds. The molecule has 1 aliphatic carbocycles. The Hall–Kier alpha value is -0.0900. The Labute approximate surface area is 57.0 Å². The molecule has 0 unspecified atom stereocenters. The molecule has 0 saturated heterocycles. The quantitative estimate of drug-likeness (QED) is 0.490. The summed E-state index contributed by atoms with van der Waals surface area (Å²) in [7, 11) is -0.642. The van der Waals surface area contributed by atoms with Crippen LogP contribution in [0.3, 0.4) is 0 Å². The third-order valence-electron chi connectivity index (χ3n) is 2.26. The summed E-state index contributed by atoms with van der Waals surface area (Å²) in [5.74, 6) is 4.87. The normalized spacial score (nSPS) is 29.4. The molecule has 0 aromatic rings. The van der Waals surface area contributed by atoms with Gasteiger partial charge in [0.25, 0.3) is 0 Å². The maximum Gasteiger partial charge on any atom is -0.0180 e. The molecule has 1 heterocycles. The average molecular weight is 139 g/mol. The lowest BCUT2D eigenvalue weighted by atomic mass is 10.6. The molecule has 0 aromatic heterocycles. The van der Waals surface area contributed by atoms with Crippen LogP contribution in [0.25, 0.3) is 0 Å². The second kappa shape index (κ2) is 1.70. The number of rotatable bonds is 1. The van der Waals surface area contributed by atoms with Crippen LogP contribution in [-0.2, 0) is 0 Å². The van der Waals surface area contributed by atoms with Crippen LogP contribution >= 0.6 is 7.26 Å². The Morgan fingerprint density at radius 3 is 2.22 bits per heavy atom. The van der Waals surface area contributed by atoms with E-state index < -0.39 is 7.26 Å². The van der Waals surface area contributed by atoms with Crippen molar-refractivity contribution in [3.05, 3.63) is 23.8 Å². The highest BCUT2D eigenvalue weighted by Crippen LogP contribution is 2.71. The lowest BCUT2D eigenvalue weighted by Crippen LogP contribution is -1.85. The van der Waals surface area contributed by atoms with Gasteiger partial charge in [0.1, 0.15) is 0 Å². The van der Waals surface area contributed by atoms with Crippen molar-refractivity contribution in [3.8, 4) is 0 Å². The fourth-order valence-electron chi connectivity index (χ4n) is 1.39. The Kier molecular flexibility index (Phi) is 1.07. The maximum atomic E-state index is 2.44. The SMILES string of the molecule is C[P]1(C2CC2)C=CC=C1. The van der Waals surface area contributed by atoms with Gasteiger partial charge in [0.05, 0.1) is 0 Å². The molecule has 1 radical (unpaired) electrons. The summed E-state index contributed by atoms with van der Waals surface area (Å²) in [4.78, 5) is 0. The number of hydrogen-bond donors (Lipinski definition) is 0. The summed E-state index contributed by atoms with van der Waals surface area (Å²) in [5, 5.41) is 0. The summed E-state index contributed by atoms with van der Waals surface area (Å²) in [6, 6.07) is 0. The summed E-state index contributed by atoms with van der Waals surface area (Å²) < 4.78 is 0. The van der Waals surface area contributed by atoms with Crippen LogP contribution in [0.2, 0.25) is 0 Å². The number of allylic oxidation sites excluding steroid dienone is 2. The van der Waals surface area contributed by atoms with Crippen molar-refractivity contribution in [1.82, 2.24) is 0 Å². The highest BCUT2D eigenvalue weighted by Gasteiger charge is 2.36. The zero-order valence-corrected chi connectivity index (χ0v) is 6.64. The van der Waals surface area contributed by atoms with Crippen molar-refractivity contribution in [3.63, 3.8) is 0 Å². The zero-order chi connectivity index (χ0) is 6.32. The van der Waals surface area contributed by atoms with Crippen molar-refractivity contribution in [2.24, 2.45) is 0 Å². The van der Waals surface area contributed by atoms with Gasteiger partial charge in [-0.25, -0.2) is 0 Å². The van der Waals surface area contributed by atoms with Gasteiger partial charge in [-0.1, -0.05) is 31.0 Å². The van der Waals surface area contributed by atoms with Crippen molar-refractivity contribution in [1.29, 1.82) is 0 Å². The van der Waals surface area contributed by atoms with Gasteiger partial charge in [0, 0.05) is 0 Å². The van der Waals surface area contributed by atoms with Crippen LogP contribution < -0.4 is 0 Å². The maximum absolute atomic E-state index is 2.44. The van der Waals surface area contributed by atoms with Crippen LogP contribution in [0.4, 0.5) is 0 Å². The van der Waals surface area contributed by atoms with E-state index >= 15 is 0 Å². The molecular formula is C8H12P. The van der Waals surface area contributed by atoms with E-state index in [1.807, 2.05) is 0 Å². The first-order valence-corrected chi connectivity index (χ1v) is 5.98. The van der Waals surface area contributed by atoms with Crippen molar-refractivity contribution < 1.29 is 0 Å². The third-order valence-corrected chi connectivity index (χ3v) is 5.98. The first-order chi connectivity index (χ1) is 4.31. The lowest BCUT2D eigenvalue weighted by Gasteiger charge is -2.20. The molecule has 0 aromatic carbocycles. The van der Waals surface area contributed by atoms with E-state index in [-0.39, 0.29) is 0 Å². The van der Waals surface area contributed by atoms with Gasteiger partial charge in [-0.05, 0) is 25.2 Å². The largest absolute Gasteiger partial charge is 0.0848 e. The predicted octanol–water partition coefficient (Wildman–Crippen LogP) is 2.84. The van der Waals surface area contributed by atoms with E-state index in [0.717, 1.165) is 5.66 Å². The van der Waals surface area contributed by atoms with Gasteiger partial charge < -0.3 is 0 Å². The van der Waals surface area contributed by atoms with E-state index in [1.165, 1.54) is 12.8 Å². The van der Waals surface area contributed by atoms with Crippen LogP contribution in [0.1, 0.15) is 12.8 Å². The van der Waals surface area contributed by atoms with Gasteiger partial charge in [0.2, 0.25) is 0 Å². The second-order valence-corrected chi connectivity index (χ2v) is 6.91. The Morgan fingerprint density at radius 1 is 1.22 bits per heavy atom. The molecule has 0 spiro atoms. The van der Waals surface area contributed by atoms with E-state index in [9.17, 15) is 0 Å². The Morgan fingerprint density at radius 2 is 1.78 bits per heavy atom. The van der Waals surface area contributed by atoms with Crippen LogP contribution in [0, 0.1) is 0 Å². The molecule has 49 valence electrons. The van der Waals surface area contributed by atoms with Crippen molar-refractivity contribution in [2.45, 2.75) is 18.5 Å². The van der Waals surface area contributed by atoms with Crippen molar-refractivity contribution in [2.75, 3.05) is 6.66 Å². The Balaban J connectivity index is 2.22. The van der Waals surface area contributed by atoms with E-state index in [4.69, 9.17) is 0 Å². The molecule has 1 heteroatoms. The predicted molar refractivity (Wildman–Crippen MR) is 44.1 cm³/mol. The van der Waals surface area contributed by atoms with E-state index in [0.29, 0.717) is 0 Å². The van der Waals surface area contributed by atoms with Gasteiger partial charge in [0.15, 0.2) is 0 Å².